The molecule has 2 rings (SSSR count). The van der Waals surface area contributed by atoms with Gasteiger partial charge in [0.2, 0.25) is 0 Å². The van der Waals surface area contributed by atoms with Crippen LogP contribution in [0, 0.1) is 5.82 Å². The SMILES string of the molecule is CC1(C(=O)O)CN(c2ccc(F)cc2)C(=O)N1. The Bertz CT molecular complexity index is 474. The lowest BCUT2D eigenvalue weighted by Gasteiger charge is -2.18. The first-order valence-corrected chi connectivity index (χ1v) is 5.01. The van der Waals surface area contributed by atoms with Crippen LogP contribution < -0.4 is 10.2 Å². The molecule has 0 spiro atoms. The van der Waals surface area contributed by atoms with Crippen LogP contribution in [0.3, 0.4) is 0 Å². The lowest BCUT2D eigenvalue weighted by atomic mass is 10.0. The van der Waals surface area contributed by atoms with Crippen LogP contribution in [-0.2, 0) is 4.79 Å². The van der Waals surface area contributed by atoms with E-state index in [-0.39, 0.29) is 6.54 Å². The maximum absolute atomic E-state index is 12.7. The smallest absolute Gasteiger partial charge is 0.331 e. The minimum Gasteiger partial charge on any atom is -0.479 e. The third kappa shape index (κ3) is 1.93. The largest absolute Gasteiger partial charge is 0.479 e. The van der Waals surface area contributed by atoms with Crippen molar-refractivity contribution in [2.45, 2.75) is 12.5 Å². The number of urea groups is 1. The highest BCUT2D eigenvalue weighted by molar-refractivity contribution is 6.00. The monoisotopic (exact) mass is 238 g/mol. The van der Waals surface area contributed by atoms with E-state index in [1.165, 1.54) is 36.1 Å². The number of nitrogens with zero attached hydrogens (tertiary/aromatic N) is 1. The fourth-order valence-electron chi connectivity index (χ4n) is 1.68. The van der Waals surface area contributed by atoms with Gasteiger partial charge in [-0.05, 0) is 31.2 Å². The number of amides is 2. The average Bonchev–Trinajstić information content (AvgIpc) is 2.57. The van der Waals surface area contributed by atoms with E-state index < -0.39 is 23.4 Å². The topological polar surface area (TPSA) is 69.6 Å². The molecule has 0 bridgehead atoms. The van der Waals surface area contributed by atoms with E-state index in [9.17, 15) is 14.0 Å². The van der Waals surface area contributed by atoms with Crippen LogP contribution >= 0.6 is 0 Å². The molecule has 1 aliphatic rings. The van der Waals surface area contributed by atoms with E-state index in [1.807, 2.05) is 0 Å². The number of carboxylic acid groups (broad SMARTS) is 1. The molecule has 1 aromatic carbocycles. The molecular formula is C11H11FN2O3. The molecule has 1 fully saturated rings. The summed E-state index contributed by atoms with van der Waals surface area (Å²) < 4.78 is 12.7. The van der Waals surface area contributed by atoms with Gasteiger partial charge in [0.25, 0.3) is 0 Å². The van der Waals surface area contributed by atoms with E-state index >= 15 is 0 Å². The highest BCUT2D eigenvalue weighted by atomic mass is 19.1. The Morgan fingerprint density at radius 3 is 2.53 bits per heavy atom. The second-order valence-electron chi connectivity index (χ2n) is 4.13. The van der Waals surface area contributed by atoms with Crippen LogP contribution in [0.15, 0.2) is 24.3 Å². The molecular weight excluding hydrogens is 227 g/mol. The Labute approximate surface area is 96.8 Å². The van der Waals surface area contributed by atoms with E-state index in [0.29, 0.717) is 5.69 Å². The molecule has 2 amide bonds. The minimum atomic E-state index is -1.31. The number of aliphatic carboxylic acids is 1. The molecule has 1 aliphatic heterocycles. The second-order valence-corrected chi connectivity index (χ2v) is 4.13. The van der Waals surface area contributed by atoms with Gasteiger partial charge in [-0.15, -0.1) is 0 Å². The van der Waals surface area contributed by atoms with Crippen molar-refractivity contribution in [1.82, 2.24) is 5.32 Å². The van der Waals surface area contributed by atoms with Gasteiger partial charge in [0.1, 0.15) is 5.82 Å². The Morgan fingerprint density at radius 2 is 2.06 bits per heavy atom. The number of carbonyl (C=O) groups excluding carboxylic acids is 1. The molecule has 17 heavy (non-hydrogen) atoms. The standard InChI is InChI=1S/C11H11FN2O3/c1-11(9(15)16)6-14(10(17)13-11)8-4-2-7(12)3-5-8/h2-5H,6H2,1H3,(H,13,17)(H,15,16). The van der Waals surface area contributed by atoms with Crippen LogP contribution in [0.5, 0.6) is 0 Å². The van der Waals surface area contributed by atoms with Crippen molar-refractivity contribution in [1.29, 1.82) is 0 Å². The second kappa shape index (κ2) is 3.73. The first kappa shape index (κ1) is 11.4. The molecule has 1 aromatic rings. The third-order valence-corrected chi connectivity index (χ3v) is 2.71. The Balaban J connectivity index is 2.27. The first-order chi connectivity index (χ1) is 7.92. The first-order valence-electron chi connectivity index (χ1n) is 5.01. The number of halogens is 1. The highest BCUT2D eigenvalue weighted by Gasteiger charge is 2.45. The predicted octanol–water partition coefficient (Wildman–Crippen LogP) is 1.20. The number of hydrogen-bond donors (Lipinski definition) is 2. The third-order valence-electron chi connectivity index (χ3n) is 2.71. The summed E-state index contributed by atoms with van der Waals surface area (Å²) in [6.45, 7) is 1.43. The van der Waals surface area contributed by atoms with Crippen molar-refractivity contribution in [3.8, 4) is 0 Å². The quantitative estimate of drug-likeness (QED) is 0.813. The summed E-state index contributed by atoms with van der Waals surface area (Å²) in [6, 6.07) is 4.81. The van der Waals surface area contributed by atoms with Gasteiger partial charge in [-0.3, -0.25) is 4.90 Å². The highest BCUT2D eigenvalue weighted by Crippen LogP contribution is 2.23. The Morgan fingerprint density at radius 1 is 1.47 bits per heavy atom. The summed E-state index contributed by atoms with van der Waals surface area (Å²) in [6.07, 6.45) is 0. The van der Waals surface area contributed by atoms with Gasteiger partial charge in [0.15, 0.2) is 5.54 Å². The molecule has 90 valence electrons. The van der Waals surface area contributed by atoms with Crippen molar-refractivity contribution in [3.05, 3.63) is 30.1 Å². The average molecular weight is 238 g/mol. The molecule has 1 heterocycles. The minimum absolute atomic E-state index is 0.00675. The predicted molar refractivity (Wildman–Crippen MR) is 58.3 cm³/mol. The summed E-state index contributed by atoms with van der Waals surface area (Å²) >= 11 is 0. The van der Waals surface area contributed by atoms with Crippen LogP contribution in [0.4, 0.5) is 14.9 Å². The Hall–Kier alpha value is -2.11. The van der Waals surface area contributed by atoms with Gasteiger partial charge < -0.3 is 10.4 Å². The van der Waals surface area contributed by atoms with E-state index in [4.69, 9.17) is 5.11 Å². The number of hydrogen-bond acceptors (Lipinski definition) is 2. The van der Waals surface area contributed by atoms with E-state index in [0.717, 1.165) is 0 Å². The molecule has 5 nitrogen and oxygen atoms in total. The molecule has 1 saturated heterocycles. The number of nitrogens with one attached hydrogen (secondary N) is 1. The zero-order valence-electron chi connectivity index (χ0n) is 9.11. The van der Waals surface area contributed by atoms with Gasteiger partial charge in [-0.2, -0.15) is 0 Å². The van der Waals surface area contributed by atoms with E-state index in [2.05, 4.69) is 5.32 Å². The van der Waals surface area contributed by atoms with Gasteiger partial charge >= 0.3 is 12.0 Å². The number of anilines is 1. The van der Waals surface area contributed by atoms with Gasteiger partial charge in [-0.1, -0.05) is 0 Å². The van der Waals surface area contributed by atoms with Crippen molar-refractivity contribution in [2.75, 3.05) is 11.4 Å². The Kier molecular flexibility index (Phi) is 2.49. The molecule has 0 aromatic heterocycles. The fourth-order valence-corrected chi connectivity index (χ4v) is 1.68. The summed E-state index contributed by atoms with van der Waals surface area (Å²) in [5.41, 5.74) is -0.847. The lowest BCUT2D eigenvalue weighted by Crippen LogP contribution is -2.47. The number of rotatable bonds is 2. The van der Waals surface area contributed by atoms with Crippen LogP contribution in [0.25, 0.3) is 0 Å². The summed E-state index contributed by atoms with van der Waals surface area (Å²) in [7, 11) is 0. The molecule has 0 saturated carbocycles. The molecule has 0 aliphatic carbocycles. The molecule has 6 heteroatoms. The van der Waals surface area contributed by atoms with Gasteiger partial charge in [-0.25, -0.2) is 14.0 Å². The molecule has 1 unspecified atom stereocenters. The number of benzene rings is 1. The number of carbonyl (C=O) groups is 2. The zero-order valence-corrected chi connectivity index (χ0v) is 9.11. The molecule has 2 N–H and O–H groups in total. The van der Waals surface area contributed by atoms with E-state index in [1.54, 1.807) is 0 Å². The van der Waals surface area contributed by atoms with Crippen molar-refractivity contribution < 1.29 is 19.1 Å². The maximum Gasteiger partial charge on any atom is 0.331 e. The van der Waals surface area contributed by atoms with Crippen LogP contribution in [0.2, 0.25) is 0 Å². The fraction of sp³-hybridized carbons (Fsp3) is 0.273. The van der Waals surface area contributed by atoms with Crippen molar-refractivity contribution >= 4 is 17.7 Å². The molecule has 0 radical (unpaired) electrons. The summed E-state index contributed by atoms with van der Waals surface area (Å²) in [5.74, 6) is -1.51. The van der Waals surface area contributed by atoms with Crippen molar-refractivity contribution in [2.24, 2.45) is 0 Å². The van der Waals surface area contributed by atoms with Crippen LogP contribution in [-0.4, -0.2) is 29.2 Å². The van der Waals surface area contributed by atoms with Gasteiger partial charge in [0, 0.05) is 5.69 Å². The van der Waals surface area contributed by atoms with Crippen molar-refractivity contribution in [3.63, 3.8) is 0 Å². The number of carboxylic acids is 1. The van der Waals surface area contributed by atoms with Gasteiger partial charge in [0.05, 0.1) is 6.54 Å². The molecule has 1 atom stereocenters. The lowest BCUT2D eigenvalue weighted by molar-refractivity contribution is -0.142. The normalized spacial score (nSPS) is 23.6. The summed E-state index contributed by atoms with van der Waals surface area (Å²) in [5, 5.41) is 11.4. The summed E-state index contributed by atoms with van der Waals surface area (Å²) in [4.78, 5) is 23.9. The maximum atomic E-state index is 12.7. The van der Waals surface area contributed by atoms with Crippen LogP contribution in [0.1, 0.15) is 6.92 Å². The zero-order chi connectivity index (χ0) is 12.6.